The first-order valence-corrected chi connectivity index (χ1v) is 11.0. The van der Waals surface area contributed by atoms with E-state index in [0.29, 0.717) is 5.56 Å². The minimum Gasteiger partial charge on any atom is -0.443 e. The molecule has 168 valence electrons. The number of aromatic nitrogens is 1. The van der Waals surface area contributed by atoms with Crippen LogP contribution in [0.1, 0.15) is 38.3 Å². The highest BCUT2D eigenvalue weighted by molar-refractivity contribution is 7.92. The monoisotopic (exact) mass is 461 g/mol. The zero-order valence-corrected chi connectivity index (χ0v) is 18.6. The van der Waals surface area contributed by atoms with E-state index in [1.54, 1.807) is 27.7 Å². The van der Waals surface area contributed by atoms with Crippen molar-refractivity contribution in [2.24, 2.45) is 0 Å². The molecule has 32 heavy (non-hydrogen) atoms. The number of nitrogens with zero attached hydrogens (tertiary/aromatic N) is 2. The van der Waals surface area contributed by atoms with Gasteiger partial charge in [-0.15, -0.1) is 0 Å². The second kappa shape index (κ2) is 8.24. The highest BCUT2D eigenvalue weighted by atomic mass is 32.2. The van der Waals surface area contributed by atoms with Crippen LogP contribution < -0.4 is 4.72 Å². The molecule has 7 nitrogen and oxygen atoms in total. The maximum atomic E-state index is 13.8. The van der Waals surface area contributed by atoms with Gasteiger partial charge in [-0.05, 0) is 51.5 Å². The molecule has 0 amide bonds. The Bertz CT molecular complexity index is 1350. The molecule has 1 N–H and O–H groups in total. The molecule has 1 aromatic heterocycles. The molecule has 3 aromatic rings. The van der Waals surface area contributed by atoms with E-state index in [4.69, 9.17) is 11.3 Å². The van der Waals surface area contributed by atoms with Crippen LogP contribution in [0.25, 0.3) is 15.7 Å². The van der Waals surface area contributed by atoms with E-state index in [2.05, 4.69) is 9.57 Å². The van der Waals surface area contributed by atoms with E-state index in [9.17, 15) is 22.0 Å². The van der Waals surface area contributed by atoms with Crippen molar-refractivity contribution in [3.63, 3.8) is 0 Å². The number of nitrogens with one attached hydrogen (secondary N) is 1. The number of carbonyl (C=O) groups is 1. The summed E-state index contributed by atoms with van der Waals surface area (Å²) in [5, 5.41) is 0.0565. The molecule has 0 unspecified atom stereocenters. The van der Waals surface area contributed by atoms with Gasteiger partial charge < -0.3 is 4.74 Å². The van der Waals surface area contributed by atoms with Gasteiger partial charge in [0.1, 0.15) is 5.60 Å². The van der Waals surface area contributed by atoms with Gasteiger partial charge in [-0.3, -0.25) is 4.72 Å². The van der Waals surface area contributed by atoms with Gasteiger partial charge in [0, 0.05) is 17.1 Å². The maximum absolute atomic E-state index is 13.8. The van der Waals surface area contributed by atoms with Crippen molar-refractivity contribution in [2.45, 2.75) is 44.6 Å². The number of hydrogen-bond donors (Lipinski definition) is 1. The zero-order valence-electron chi connectivity index (χ0n) is 17.8. The van der Waals surface area contributed by atoms with Crippen molar-refractivity contribution in [2.75, 3.05) is 4.72 Å². The van der Waals surface area contributed by atoms with Gasteiger partial charge in [-0.25, -0.2) is 31.4 Å². The highest BCUT2D eigenvalue weighted by Gasteiger charge is 2.27. The van der Waals surface area contributed by atoms with Gasteiger partial charge in [0.2, 0.25) is 0 Å². The van der Waals surface area contributed by atoms with E-state index in [1.165, 1.54) is 36.4 Å². The Morgan fingerprint density at radius 3 is 2.50 bits per heavy atom. The number of benzene rings is 2. The third-order valence-electron chi connectivity index (χ3n) is 4.51. The SMILES string of the molecule is [C-]#[N+]c1cccc(S(=O)(=O)Nc2ccc(C)c3c(C(F)F)cn(C(=O)OC(C)(C)C)c23)c1. The summed E-state index contributed by atoms with van der Waals surface area (Å²) >= 11 is 0. The van der Waals surface area contributed by atoms with Crippen molar-refractivity contribution in [3.8, 4) is 0 Å². The third-order valence-corrected chi connectivity index (χ3v) is 5.87. The number of carbonyl (C=O) groups excluding carboxylic acids is 1. The summed E-state index contributed by atoms with van der Waals surface area (Å²) in [4.78, 5) is 15.8. The maximum Gasteiger partial charge on any atom is 0.419 e. The Morgan fingerprint density at radius 2 is 1.91 bits per heavy atom. The number of rotatable bonds is 4. The fourth-order valence-corrected chi connectivity index (χ4v) is 4.31. The molecule has 0 aliphatic heterocycles. The van der Waals surface area contributed by atoms with Crippen LogP contribution in [0.5, 0.6) is 0 Å². The number of alkyl halides is 2. The Balaban J connectivity index is 2.22. The Hall–Kier alpha value is -3.45. The molecule has 2 aromatic carbocycles. The lowest BCUT2D eigenvalue weighted by atomic mass is 10.1. The van der Waals surface area contributed by atoms with Gasteiger partial charge >= 0.3 is 6.09 Å². The lowest BCUT2D eigenvalue weighted by molar-refractivity contribution is 0.0543. The fourth-order valence-electron chi connectivity index (χ4n) is 3.20. The second-order valence-corrected chi connectivity index (χ2v) is 9.79. The molecule has 0 atom stereocenters. The topological polar surface area (TPSA) is 81.8 Å². The van der Waals surface area contributed by atoms with Crippen molar-refractivity contribution < 1.29 is 26.7 Å². The van der Waals surface area contributed by atoms with Crippen LogP contribution in [-0.4, -0.2) is 24.7 Å². The first-order chi connectivity index (χ1) is 14.8. The van der Waals surface area contributed by atoms with E-state index in [1.807, 2.05) is 0 Å². The smallest absolute Gasteiger partial charge is 0.419 e. The predicted octanol–water partition coefficient (Wildman–Crippen LogP) is 6.02. The number of aryl methyl sites for hydroxylation is 1. The van der Waals surface area contributed by atoms with E-state index in [-0.39, 0.29) is 27.2 Å². The van der Waals surface area contributed by atoms with Crippen LogP contribution >= 0.6 is 0 Å². The fraction of sp³-hybridized carbons (Fsp3) is 0.273. The van der Waals surface area contributed by atoms with Crippen LogP contribution in [0.4, 0.5) is 25.0 Å². The average Bonchev–Trinajstić information content (AvgIpc) is 3.11. The molecule has 0 fully saturated rings. The lowest BCUT2D eigenvalue weighted by Gasteiger charge is -2.20. The summed E-state index contributed by atoms with van der Waals surface area (Å²) in [6, 6.07) is 8.26. The average molecular weight is 461 g/mol. The molecular weight excluding hydrogens is 440 g/mol. The number of ether oxygens (including phenoxy) is 1. The molecule has 0 aliphatic rings. The highest BCUT2D eigenvalue weighted by Crippen LogP contribution is 2.37. The first-order valence-electron chi connectivity index (χ1n) is 9.50. The van der Waals surface area contributed by atoms with Crippen LogP contribution in [0.15, 0.2) is 47.5 Å². The molecule has 0 saturated heterocycles. The van der Waals surface area contributed by atoms with Crippen LogP contribution in [0.3, 0.4) is 0 Å². The number of halogens is 2. The molecule has 0 bridgehead atoms. The normalized spacial score (nSPS) is 12.1. The third kappa shape index (κ3) is 4.57. The van der Waals surface area contributed by atoms with Crippen molar-refractivity contribution in [3.05, 3.63) is 65.1 Å². The summed E-state index contributed by atoms with van der Waals surface area (Å²) in [5.41, 5.74) is -0.868. The minimum absolute atomic E-state index is 0.0422. The Labute approximate surface area is 184 Å². The summed E-state index contributed by atoms with van der Waals surface area (Å²) in [5.74, 6) is 0. The van der Waals surface area contributed by atoms with Gasteiger partial charge in [0.05, 0.1) is 22.7 Å². The molecule has 0 radical (unpaired) electrons. The number of anilines is 1. The van der Waals surface area contributed by atoms with Crippen LogP contribution in [0, 0.1) is 13.5 Å². The first kappa shape index (κ1) is 23.2. The molecule has 3 rings (SSSR count). The summed E-state index contributed by atoms with van der Waals surface area (Å²) in [6.45, 7) is 13.5. The molecular formula is C22H21F2N3O4S. The van der Waals surface area contributed by atoms with Crippen molar-refractivity contribution >= 4 is 38.4 Å². The van der Waals surface area contributed by atoms with E-state index in [0.717, 1.165) is 10.8 Å². The number of sulfonamides is 1. The van der Waals surface area contributed by atoms with Gasteiger partial charge in [-0.2, -0.15) is 0 Å². The Kier molecular flexibility index (Phi) is 5.98. The number of fused-ring (bicyclic) bond motifs is 1. The van der Waals surface area contributed by atoms with E-state index < -0.39 is 33.7 Å². The van der Waals surface area contributed by atoms with Gasteiger partial charge in [-0.1, -0.05) is 18.2 Å². The second-order valence-electron chi connectivity index (χ2n) is 8.10. The van der Waals surface area contributed by atoms with Gasteiger partial charge in [0.15, 0.2) is 5.69 Å². The predicted molar refractivity (Wildman–Crippen MR) is 117 cm³/mol. The molecule has 0 spiro atoms. The van der Waals surface area contributed by atoms with E-state index >= 15 is 0 Å². The van der Waals surface area contributed by atoms with Crippen LogP contribution in [-0.2, 0) is 14.8 Å². The lowest BCUT2D eigenvalue weighted by Crippen LogP contribution is -2.27. The van der Waals surface area contributed by atoms with Gasteiger partial charge in [0.25, 0.3) is 16.4 Å². The van der Waals surface area contributed by atoms with Crippen molar-refractivity contribution in [1.29, 1.82) is 0 Å². The molecule has 10 heteroatoms. The molecule has 1 heterocycles. The summed E-state index contributed by atoms with van der Waals surface area (Å²) in [6.07, 6.45) is -2.86. The zero-order chi connectivity index (χ0) is 23.8. The standard InChI is InChI=1S/C22H21F2N3O4S/c1-13-9-10-17(26-32(29,30)15-8-6-7-14(11-15)25-5)19-18(13)16(20(23)24)12-27(19)21(28)31-22(2,3)4/h6-12,20,26H,1-4H3. The quantitative estimate of drug-likeness (QED) is 0.482. The summed E-state index contributed by atoms with van der Waals surface area (Å²) in [7, 11) is -4.19. The van der Waals surface area contributed by atoms with Crippen LogP contribution in [0.2, 0.25) is 0 Å². The Morgan fingerprint density at radius 1 is 1.22 bits per heavy atom. The number of hydrogen-bond acceptors (Lipinski definition) is 4. The molecule has 0 aliphatic carbocycles. The summed E-state index contributed by atoms with van der Waals surface area (Å²) < 4.78 is 62.1. The largest absolute Gasteiger partial charge is 0.443 e. The minimum atomic E-state index is -4.19. The van der Waals surface area contributed by atoms with Crippen molar-refractivity contribution in [1.82, 2.24) is 4.57 Å². The molecule has 0 saturated carbocycles.